The summed E-state index contributed by atoms with van der Waals surface area (Å²) in [6.07, 6.45) is 4.88. The van der Waals surface area contributed by atoms with E-state index in [9.17, 15) is 9.90 Å². The molecule has 0 spiro atoms. The molecular weight excluding hydrogens is 344 g/mol. The summed E-state index contributed by atoms with van der Waals surface area (Å²) in [6, 6.07) is 3.70. The highest BCUT2D eigenvalue weighted by Crippen LogP contribution is 2.25. The van der Waals surface area contributed by atoms with Gasteiger partial charge in [0.15, 0.2) is 0 Å². The molecule has 2 N–H and O–H groups in total. The first-order chi connectivity index (χ1) is 12.9. The summed E-state index contributed by atoms with van der Waals surface area (Å²) in [4.78, 5) is 24.0. The molecule has 2 aromatic rings. The number of aliphatic hydroxyl groups is 1. The molecule has 0 bridgehead atoms. The van der Waals surface area contributed by atoms with Crippen molar-refractivity contribution < 1.29 is 14.3 Å². The minimum Gasteiger partial charge on any atom is -0.467 e. The van der Waals surface area contributed by atoms with Crippen LogP contribution >= 0.6 is 0 Å². The number of anilines is 1. The van der Waals surface area contributed by atoms with Crippen LogP contribution in [0, 0.1) is 5.92 Å². The predicted octanol–water partition coefficient (Wildman–Crippen LogP) is 2.82. The second-order valence-electron chi connectivity index (χ2n) is 8.06. The largest absolute Gasteiger partial charge is 0.467 e. The Kier molecular flexibility index (Phi) is 5.79. The van der Waals surface area contributed by atoms with E-state index < -0.39 is 0 Å². The number of carbonyl (C=O) groups is 1. The van der Waals surface area contributed by atoms with E-state index in [-0.39, 0.29) is 23.8 Å². The molecule has 0 radical (unpaired) electrons. The molecule has 0 aromatic carbocycles. The summed E-state index contributed by atoms with van der Waals surface area (Å²) in [7, 11) is 0. The van der Waals surface area contributed by atoms with Crippen LogP contribution in [0.2, 0.25) is 0 Å². The standard InChI is InChI=1S/C20H28N4O3/c1-20(2,3)19-22-12-16(17(23-19)21-11-15-5-4-10-27-15)18(26)24-8-6-14(13-25)7-9-24/h4-5,10,12,14,25H,6-9,11,13H2,1-3H3,(H,21,22,23). The number of hydrogen-bond donors (Lipinski definition) is 2. The average Bonchev–Trinajstić information content (AvgIpc) is 3.18. The number of aliphatic hydroxyl groups excluding tert-OH is 1. The highest BCUT2D eigenvalue weighted by molar-refractivity contribution is 5.98. The zero-order valence-electron chi connectivity index (χ0n) is 16.2. The molecule has 2 aromatic heterocycles. The first-order valence-electron chi connectivity index (χ1n) is 9.42. The molecule has 7 nitrogen and oxygen atoms in total. The van der Waals surface area contributed by atoms with Crippen molar-refractivity contribution in [3.8, 4) is 0 Å². The van der Waals surface area contributed by atoms with Gasteiger partial charge >= 0.3 is 0 Å². The van der Waals surface area contributed by atoms with Gasteiger partial charge in [-0.15, -0.1) is 0 Å². The Morgan fingerprint density at radius 1 is 1.37 bits per heavy atom. The molecule has 1 saturated heterocycles. The molecule has 0 unspecified atom stereocenters. The first kappa shape index (κ1) is 19.4. The van der Waals surface area contributed by atoms with Crippen molar-refractivity contribution in [2.24, 2.45) is 5.92 Å². The summed E-state index contributed by atoms with van der Waals surface area (Å²) < 4.78 is 5.37. The van der Waals surface area contributed by atoms with Gasteiger partial charge in [0.2, 0.25) is 0 Å². The van der Waals surface area contributed by atoms with Crippen LogP contribution in [0.5, 0.6) is 0 Å². The third kappa shape index (κ3) is 4.66. The second kappa shape index (κ2) is 8.08. The number of hydrogen-bond acceptors (Lipinski definition) is 6. The maximum absolute atomic E-state index is 13.1. The van der Waals surface area contributed by atoms with Gasteiger partial charge in [-0.3, -0.25) is 4.79 Å². The van der Waals surface area contributed by atoms with Gasteiger partial charge < -0.3 is 19.7 Å². The predicted molar refractivity (Wildman–Crippen MR) is 102 cm³/mol. The number of rotatable bonds is 5. The van der Waals surface area contributed by atoms with Crippen LogP contribution in [-0.2, 0) is 12.0 Å². The lowest BCUT2D eigenvalue weighted by molar-refractivity contribution is 0.0651. The summed E-state index contributed by atoms with van der Waals surface area (Å²) in [5.74, 6) is 2.19. The first-order valence-corrected chi connectivity index (χ1v) is 9.42. The summed E-state index contributed by atoms with van der Waals surface area (Å²) >= 11 is 0. The van der Waals surface area contributed by atoms with E-state index in [0.717, 1.165) is 18.6 Å². The lowest BCUT2D eigenvalue weighted by atomic mass is 9.95. The summed E-state index contributed by atoms with van der Waals surface area (Å²) in [5, 5.41) is 12.5. The molecule has 27 heavy (non-hydrogen) atoms. The molecule has 0 saturated carbocycles. The van der Waals surface area contributed by atoms with E-state index in [4.69, 9.17) is 4.42 Å². The molecule has 0 aliphatic carbocycles. The lowest BCUT2D eigenvalue weighted by Crippen LogP contribution is -2.39. The second-order valence-corrected chi connectivity index (χ2v) is 8.06. The Morgan fingerprint density at radius 3 is 2.70 bits per heavy atom. The van der Waals surface area contributed by atoms with Crippen LogP contribution in [0.4, 0.5) is 5.82 Å². The maximum Gasteiger partial charge on any atom is 0.259 e. The number of nitrogens with zero attached hydrogens (tertiary/aromatic N) is 3. The lowest BCUT2D eigenvalue weighted by Gasteiger charge is -2.31. The number of likely N-dealkylation sites (tertiary alicyclic amines) is 1. The van der Waals surface area contributed by atoms with Gasteiger partial charge in [0, 0.05) is 31.3 Å². The molecular formula is C20H28N4O3. The Balaban J connectivity index is 1.83. The minimum atomic E-state index is -0.220. The molecule has 1 aliphatic rings. The quantitative estimate of drug-likeness (QED) is 0.839. The monoisotopic (exact) mass is 372 g/mol. The molecule has 1 amide bonds. The zero-order chi connectivity index (χ0) is 19.4. The topological polar surface area (TPSA) is 91.5 Å². The van der Waals surface area contributed by atoms with Crippen molar-refractivity contribution in [3.63, 3.8) is 0 Å². The van der Waals surface area contributed by atoms with Gasteiger partial charge in [0.25, 0.3) is 5.91 Å². The number of nitrogens with one attached hydrogen (secondary N) is 1. The van der Waals surface area contributed by atoms with Crippen LogP contribution in [0.1, 0.15) is 55.6 Å². The smallest absolute Gasteiger partial charge is 0.259 e. The highest BCUT2D eigenvalue weighted by Gasteiger charge is 2.27. The van der Waals surface area contributed by atoms with Crippen LogP contribution in [-0.4, -0.2) is 45.6 Å². The fourth-order valence-electron chi connectivity index (χ4n) is 3.11. The normalized spacial score (nSPS) is 15.8. The SMILES string of the molecule is CC(C)(C)c1ncc(C(=O)N2CCC(CO)CC2)c(NCc2ccco2)n1. The van der Waals surface area contributed by atoms with Gasteiger partial charge in [0.1, 0.15) is 23.0 Å². The van der Waals surface area contributed by atoms with E-state index >= 15 is 0 Å². The Morgan fingerprint density at radius 2 is 2.11 bits per heavy atom. The van der Waals surface area contributed by atoms with Crippen molar-refractivity contribution in [2.75, 3.05) is 25.0 Å². The number of aromatic nitrogens is 2. The van der Waals surface area contributed by atoms with Crippen molar-refractivity contribution in [1.29, 1.82) is 0 Å². The van der Waals surface area contributed by atoms with Gasteiger partial charge in [-0.2, -0.15) is 0 Å². The van der Waals surface area contributed by atoms with Crippen LogP contribution in [0.25, 0.3) is 0 Å². The molecule has 0 atom stereocenters. The Hall–Kier alpha value is -2.41. The maximum atomic E-state index is 13.1. The van der Waals surface area contributed by atoms with Gasteiger partial charge in [-0.1, -0.05) is 20.8 Å². The Labute approximate surface area is 159 Å². The molecule has 1 fully saturated rings. The number of amides is 1. The minimum absolute atomic E-state index is 0.0752. The zero-order valence-corrected chi connectivity index (χ0v) is 16.2. The van der Waals surface area contributed by atoms with E-state index in [2.05, 4.69) is 15.3 Å². The summed E-state index contributed by atoms with van der Waals surface area (Å²) in [6.45, 7) is 8.03. The third-order valence-electron chi connectivity index (χ3n) is 4.86. The van der Waals surface area contributed by atoms with E-state index in [1.807, 2.05) is 37.8 Å². The van der Waals surface area contributed by atoms with Crippen molar-refractivity contribution in [3.05, 3.63) is 41.7 Å². The van der Waals surface area contributed by atoms with Crippen molar-refractivity contribution in [1.82, 2.24) is 14.9 Å². The molecule has 146 valence electrons. The van der Waals surface area contributed by atoms with Crippen LogP contribution in [0.3, 0.4) is 0 Å². The number of piperidine rings is 1. The van der Waals surface area contributed by atoms with Crippen LogP contribution in [0.15, 0.2) is 29.0 Å². The van der Waals surface area contributed by atoms with Gasteiger partial charge in [-0.25, -0.2) is 9.97 Å². The molecule has 3 rings (SSSR count). The summed E-state index contributed by atoms with van der Waals surface area (Å²) in [5.41, 5.74) is 0.249. The van der Waals surface area contributed by atoms with E-state index in [0.29, 0.717) is 36.8 Å². The van der Waals surface area contributed by atoms with Crippen LogP contribution < -0.4 is 5.32 Å². The third-order valence-corrected chi connectivity index (χ3v) is 4.86. The van der Waals surface area contributed by atoms with Gasteiger partial charge in [0.05, 0.1) is 12.8 Å². The highest BCUT2D eigenvalue weighted by atomic mass is 16.3. The van der Waals surface area contributed by atoms with Crippen molar-refractivity contribution in [2.45, 2.75) is 45.6 Å². The number of furan rings is 1. The molecule has 3 heterocycles. The Bertz CT molecular complexity index is 760. The fraction of sp³-hybridized carbons (Fsp3) is 0.550. The molecule has 7 heteroatoms. The number of carbonyl (C=O) groups excluding carboxylic acids is 1. The van der Waals surface area contributed by atoms with Crippen molar-refractivity contribution >= 4 is 11.7 Å². The fourth-order valence-corrected chi connectivity index (χ4v) is 3.11. The van der Waals surface area contributed by atoms with E-state index in [1.165, 1.54) is 0 Å². The molecule has 1 aliphatic heterocycles. The average molecular weight is 372 g/mol. The van der Waals surface area contributed by atoms with E-state index in [1.54, 1.807) is 12.5 Å². The van der Waals surface area contributed by atoms with Gasteiger partial charge in [-0.05, 0) is 30.9 Å².